The third kappa shape index (κ3) is 3.49. The number of rotatable bonds is 5. The van der Waals surface area contributed by atoms with Gasteiger partial charge in [0, 0.05) is 26.7 Å². The summed E-state index contributed by atoms with van der Waals surface area (Å²) in [4.78, 5) is 0. The summed E-state index contributed by atoms with van der Waals surface area (Å²) in [5.41, 5.74) is 0.881. The maximum absolute atomic E-state index is 12.4. The van der Waals surface area contributed by atoms with Crippen LogP contribution in [-0.4, -0.2) is 21.3 Å². The van der Waals surface area contributed by atoms with Gasteiger partial charge in [-0.1, -0.05) is 25.1 Å². The zero-order valence-electron chi connectivity index (χ0n) is 12.6. The first-order chi connectivity index (χ1) is 9.41. The van der Waals surface area contributed by atoms with Crippen molar-refractivity contribution in [2.24, 2.45) is 0 Å². The summed E-state index contributed by atoms with van der Waals surface area (Å²) < 4.78 is 18.1. The van der Waals surface area contributed by atoms with Gasteiger partial charge in [0.25, 0.3) is 0 Å². The van der Waals surface area contributed by atoms with Gasteiger partial charge in [0.05, 0.1) is 6.04 Å². The molecule has 2 unspecified atom stereocenters. The molecule has 1 aromatic heterocycles. The number of para-hydroxylation sites is 1. The molecule has 0 radical (unpaired) electrons. The fourth-order valence-corrected chi connectivity index (χ4v) is 3.15. The molecule has 0 bridgehead atoms. The van der Waals surface area contributed by atoms with Crippen molar-refractivity contribution in [2.75, 3.05) is 12.3 Å². The van der Waals surface area contributed by atoms with Gasteiger partial charge in [-0.2, -0.15) is 0 Å². The Balaban J connectivity index is 2.26. The Bertz CT molecular complexity index is 565. The normalized spacial score (nSPS) is 15.4. The molecule has 4 heteroatoms. The molecule has 2 atom stereocenters. The van der Waals surface area contributed by atoms with E-state index >= 15 is 0 Å². The lowest BCUT2D eigenvalue weighted by molar-refractivity contribution is 0.460. The predicted molar refractivity (Wildman–Crippen MR) is 85.4 cm³/mol. The lowest BCUT2D eigenvalue weighted by Gasteiger charge is -2.22. The van der Waals surface area contributed by atoms with Gasteiger partial charge in [0.15, 0.2) is 0 Å². The molecule has 1 N–H and O–H groups in total. The third-order valence-electron chi connectivity index (χ3n) is 3.24. The third-order valence-corrected chi connectivity index (χ3v) is 5.24. The summed E-state index contributed by atoms with van der Waals surface area (Å²) in [5, 5.41) is 4.47. The van der Waals surface area contributed by atoms with Crippen LogP contribution >= 0.6 is 0 Å². The number of hydrogen-bond donors (Lipinski definition) is 1. The average molecular weight is 293 g/mol. The van der Waals surface area contributed by atoms with Crippen LogP contribution in [0.5, 0.6) is 0 Å². The molecule has 0 saturated heterocycles. The molecule has 0 spiro atoms. The molecule has 0 amide bonds. The van der Waals surface area contributed by atoms with Crippen molar-refractivity contribution in [1.82, 2.24) is 5.32 Å². The van der Waals surface area contributed by atoms with Crippen LogP contribution in [0.2, 0.25) is 0 Å². The Kier molecular flexibility index (Phi) is 4.66. The molecule has 20 heavy (non-hydrogen) atoms. The average Bonchev–Trinajstić information content (AvgIpc) is 2.80. The fourth-order valence-electron chi connectivity index (χ4n) is 2.06. The van der Waals surface area contributed by atoms with E-state index in [1.807, 2.05) is 51.1 Å². The fraction of sp³-hybridized carbons (Fsp3) is 0.500. The van der Waals surface area contributed by atoms with E-state index in [0.717, 1.165) is 23.3 Å². The summed E-state index contributed by atoms with van der Waals surface area (Å²) >= 11 is 0. The van der Waals surface area contributed by atoms with E-state index in [1.165, 1.54) is 0 Å². The standard InChI is InChI=1S/C16H23NO2S/c1-5-17-13(11-20(18)16(2,3)4)15-10-12-8-6-7-9-14(12)19-15/h6-10,13,17H,5,11H2,1-4H3. The molecular formula is C16H23NO2S. The maximum Gasteiger partial charge on any atom is 0.134 e. The van der Waals surface area contributed by atoms with Crippen LogP contribution in [-0.2, 0) is 10.8 Å². The highest BCUT2D eigenvalue weighted by molar-refractivity contribution is 7.86. The number of hydrogen-bond acceptors (Lipinski definition) is 3. The van der Waals surface area contributed by atoms with E-state index in [1.54, 1.807) is 0 Å². The first-order valence-electron chi connectivity index (χ1n) is 7.02. The van der Waals surface area contributed by atoms with Crippen LogP contribution in [0, 0.1) is 0 Å². The highest BCUT2D eigenvalue weighted by atomic mass is 32.2. The predicted octanol–water partition coefficient (Wildman–Crippen LogP) is 3.63. The highest BCUT2D eigenvalue weighted by Crippen LogP contribution is 2.26. The summed E-state index contributed by atoms with van der Waals surface area (Å²) in [6, 6.07) is 9.99. The van der Waals surface area contributed by atoms with Crippen molar-refractivity contribution in [3.05, 3.63) is 36.1 Å². The molecule has 1 heterocycles. The molecule has 110 valence electrons. The zero-order chi connectivity index (χ0) is 14.8. The van der Waals surface area contributed by atoms with Crippen LogP contribution in [0.15, 0.2) is 34.7 Å². The first-order valence-corrected chi connectivity index (χ1v) is 8.34. The van der Waals surface area contributed by atoms with Crippen LogP contribution in [0.4, 0.5) is 0 Å². The van der Waals surface area contributed by atoms with Crippen LogP contribution in [0.1, 0.15) is 39.5 Å². The van der Waals surface area contributed by atoms with Gasteiger partial charge in [-0.05, 0) is 39.4 Å². The minimum atomic E-state index is -0.914. The van der Waals surface area contributed by atoms with Gasteiger partial charge < -0.3 is 9.73 Å². The summed E-state index contributed by atoms with van der Waals surface area (Å²) in [5.74, 6) is 1.43. The Morgan fingerprint density at radius 2 is 2.00 bits per heavy atom. The van der Waals surface area contributed by atoms with E-state index in [0.29, 0.717) is 5.75 Å². The first kappa shape index (κ1) is 15.3. The van der Waals surface area contributed by atoms with Crippen molar-refractivity contribution in [1.29, 1.82) is 0 Å². The Morgan fingerprint density at radius 1 is 1.30 bits per heavy atom. The quantitative estimate of drug-likeness (QED) is 0.915. The number of nitrogens with one attached hydrogen (secondary N) is 1. The van der Waals surface area contributed by atoms with Crippen LogP contribution < -0.4 is 5.32 Å². The van der Waals surface area contributed by atoms with Gasteiger partial charge in [0.1, 0.15) is 11.3 Å². The second-order valence-corrected chi connectivity index (χ2v) is 8.17. The van der Waals surface area contributed by atoms with Crippen molar-refractivity contribution in [3.8, 4) is 0 Å². The summed E-state index contributed by atoms with van der Waals surface area (Å²) in [6.45, 7) is 8.89. The van der Waals surface area contributed by atoms with Crippen molar-refractivity contribution < 1.29 is 8.63 Å². The minimum absolute atomic E-state index is 0.00698. The molecule has 0 aliphatic rings. The van der Waals surface area contributed by atoms with Crippen LogP contribution in [0.3, 0.4) is 0 Å². The Labute approximate surface area is 123 Å². The Morgan fingerprint density at radius 3 is 2.60 bits per heavy atom. The molecule has 0 aliphatic carbocycles. The molecular weight excluding hydrogens is 270 g/mol. The van der Waals surface area contributed by atoms with Gasteiger partial charge >= 0.3 is 0 Å². The highest BCUT2D eigenvalue weighted by Gasteiger charge is 2.25. The minimum Gasteiger partial charge on any atom is -0.459 e. The molecule has 0 fully saturated rings. The lowest BCUT2D eigenvalue weighted by Crippen LogP contribution is -2.32. The number of benzene rings is 1. The maximum atomic E-state index is 12.4. The molecule has 2 aromatic rings. The van der Waals surface area contributed by atoms with E-state index < -0.39 is 10.8 Å². The van der Waals surface area contributed by atoms with E-state index in [-0.39, 0.29) is 10.8 Å². The van der Waals surface area contributed by atoms with Crippen molar-refractivity contribution in [3.63, 3.8) is 0 Å². The molecule has 2 rings (SSSR count). The van der Waals surface area contributed by atoms with Crippen LogP contribution in [0.25, 0.3) is 11.0 Å². The largest absolute Gasteiger partial charge is 0.459 e. The number of furan rings is 1. The lowest BCUT2D eigenvalue weighted by atomic mass is 10.2. The number of fused-ring (bicyclic) bond motifs is 1. The van der Waals surface area contributed by atoms with E-state index in [4.69, 9.17) is 4.42 Å². The zero-order valence-corrected chi connectivity index (χ0v) is 13.4. The molecule has 3 nitrogen and oxygen atoms in total. The van der Waals surface area contributed by atoms with E-state index in [2.05, 4.69) is 12.2 Å². The Hall–Kier alpha value is -1.13. The monoisotopic (exact) mass is 293 g/mol. The van der Waals surface area contributed by atoms with Gasteiger partial charge in [0.2, 0.25) is 0 Å². The summed E-state index contributed by atoms with van der Waals surface area (Å²) in [6.07, 6.45) is 0. The SMILES string of the molecule is CCNC(CS(=O)C(C)(C)C)c1cc2ccccc2o1. The second-order valence-electron chi connectivity index (χ2n) is 5.92. The smallest absolute Gasteiger partial charge is 0.134 e. The van der Waals surface area contributed by atoms with Gasteiger partial charge in [-0.3, -0.25) is 4.21 Å². The topological polar surface area (TPSA) is 42.2 Å². The van der Waals surface area contributed by atoms with Crippen molar-refractivity contribution in [2.45, 2.75) is 38.5 Å². The molecule has 0 aliphatic heterocycles. The van der Waals surface area contributed by atoms with Crippen molar-refractivity contribution >= 4 is 21.8 Å². The van der Waals surface area contributed by atoms with Gasteiger partial charge in [-0.25, -0.2) is 0 Å². The molecule has 0 saturated carbocycles. The molecule has 1 aromatic carbocycles. The van der Waals surface area contributed by atoms with Gasteiger partial charge in [-0.15, -0.1) is 0 Å². The van der Waals surface area contributed by atoms with E-state index in [9.17, 15) is 4.21 Å². The second kappa shape index (κ2) is 6.10. The summed E-state index contributed by atoms with van der Waals surface area (Å²) in [7, 11) is -0.914.